The van der Waals surface area contributed by atoms with Crippen LogP contribution in [0, 0.1) is 18.3 Å². The average Bonchev–Trinajstić information content (AvgIpc) is 2.73. The maximum Gasteiger partial charge on any atom is 0.113 e. The Labute approximate surface area is 2770 Å². The van der Waals surface area contributed by atoms with Gasteiger partial charge in [0.15, 0.2) is 0 Å². The number of hydrogen-bond donors (Lipinski definition) is 0. The first-order valence-electron chi connectivity index (χ1n) is 8.69. The summed E-state index contributed by atoms with van der Waals surface area (Å²) in [4.78, 5) is 1.90. The zero-order valence-corrected chi connectivity index (χ0v) is 299. The van der Waals surface area contributed by atoms with Gasteiger partial charge in [-0.2, -0.15) is 72.4 Å². The SMILES string of the molecule is CN([C-]=C/C=C/C=C/C=C/C=C/[C-]=[N+](C)c1[c-]cccc1)c1[c-]cccc1.[Y].[Y].[Y].[Y].[Y].[Y].[Y].[Y].[Y].[Y].[Y].[Y].[Y].[Y].[Y].[Y].[Y].[Y].[Y].[Y].[Y].[Y].[Y].[Y].[Y].[Y].[Y].[Y].[Y].[Y].[Y].[Y].[Y].[Y].[Y].[Y].[Y].[Y].[Y].[Y].[Y].[Y].[Y].[Y].[Y].[Y].[Y].[Y].[Y].[Y].[Y].[Y].[Y].[Y].[Y].[Y].[Y].[Y].[Y].[Y].[Y].[Y].[Y].[Y].[Y].[Y].[Y].[Y].[Y].[Y].[Y].[Y].[Y].[Y].[Y].[Y].[Y].[Y].[Y].[Y].[Y].[Y].[Y]. The standard InChI is InChI=1S/C25H23N2.83Y/c1-26(24-18-12-10-13-19-24)22-16-8-6-4-3-5-7-9-17-23-27(2)25-20-14-11-15-21-25;;;;;;;;;;;;;;;;;;;;;;;;;;;;;;;;;;;;;;;;;;;;;;;;;;;;;;;;;;;;;;;;;;;;;;;;;;;;;;;;;;;/h3-18,20H,1-2H3;;;;;;;;;;;;;;;;;;;;;;;;;;;;;;;;;;;;;;;;;;;;;;;;;;;;;;;;;;;;;;;;;;;;;;;;;;;;;;;;;;;/q-3;;;;;;;;;;;;;;;;;;;;;;;;;;;;;;;;;;;;;;;;;;;;;;;;;;;;;;;;;;;;;;;;;;;;;;;;;;;;;;;;;;;/b4-3+,7-5+,8-6+,17-9+;;;;;;;;;;;;;;;;;;;;;;;;;;;;;;;;;;;;;;;;;;;;;;;;;;;;;;;;;;;;;;;;;;;;;;;;;;;;;;;;;;;. The fourth-order valence-electron chi connectivity index (χ4n) is 2.07. The number of nitrogens with zero attached hydrogens (tertiary/aromatic N) is 2. The van der Waals surface area contributed by atoms with Crippen molar-refractivity contribution in [3.8, 4) is 0 Å². The number of benzene rings is 2. The molecule has 0 bridgehead atoms. The van der Waals surface area contributed by atoms with Crippen molar-refractivity contribution in [2.75, 3.05) is 19.0 Å². The van der Waals surface area contributed by atoms with Crippen LogP contribution in [0.25, 0.3) is 0 Å². The van der Waals surface area contributed by atoms with Crippen LogP contribution in [0.4, 0.5) is 11.4 Å². The molecule has 0 saturated heterocycles. The fraction of sp³-hybridized carbons (Fsp3) is 0.0800. The second-order valence-corrected chi connectivity index (χ2v) is 5.55. The van der Waals surface area contributed by atoms with E-state index in [9.17, 15) is 0 Å². The number of anilines is 1. The smallest absolute Gasteiger partial charge is 0.113 e. The Morgan fingerprint density at radius 2 is 0.382 bits per heavy atom. The van der Waals surface area contributed by atoms with Crippen molar-refractivity contribution in [2.24, 2.45) is 0 Å². The van der Waals surface area contributed by atoms with Crippen LogP contribution >= 0.6 is 0 Å². The number of hydrogen-bond acceptors (Lipinski definition) is 1. The van der Waals surface area contributed by atoms with Gasteiger partial charge in [0.05, 0.1) is 0 Å². The van der Waals surface area contributed by atoms with Gasteiger partial charge >= 0.3 is 0 Å². The molecule has 2 nitrogen and oxygen atoms in total. The number of rotatable bonds is 8. The van der Waals surface area contributed by atoms with E-state index in [1.807, 2.05) is 127 Å². The summed E-state index contributed by atoms with van der Waals surface area (Å²) in [5.74, 6) is 0. The summed E-state index contributed by atoms with van der Waals surface area (Å²) < 4.78 is 1.90. The molecule has 0 heterocycles. The van der Waals surface area contributed by atoms with Crippen LogP contribution in [-0.2, 0) is 2710 Å². The normalized spacial score (nSPS) is 3.20. The van der Waals surface area contributed by atoms with E-state index < -0.39 is 0 Å². The van der Waals surface area contributed by atoms with E-state index in [-0.39, 0.29) is 2710 Å². The topological polar surface area (TPSA) is 6.25 Å². The molecule has 0 fully saturated rings. The summed E-state index contributed by atoms with van der Waals surface area (Å²) in [6, 6.07) is 21.9. The Hall–Kier alpha value is 88.2. The molecule has 0 aliphatic carbocycles. The summed E-state index contributed by atoms with van der Waals surface area (Å²) in [6.45, 7) is 0. The summed E-state index contributed by atoms with van der Waals surface area (Å²) in [5, 5.41) is 0. The van der Waals surface area contributed by atoms with Crippen LogP contribution in [0.15, 0.2) is 103 Å². The Kier molecular flexibility index (Phi) is 2680. The Morgan fingerprint density at radius 3 is 0.545 bits per heavy atom. The van der Waals surface area contributed by atoms with E-state index in [1.54, 1.807) is 0 Å². The van der Waals surface area contributed by atoms with Crippen molar-refractivity contribution in [1.29, 1.82) is 0 Å². The average molecular weight is 7730 g/mol. The zero-order chi connectivity index (χ0) is 19.2. The van der Waals surface area contributed by atoms with Crippen molar-refractivity contribution in [2.45, 2.75) is 0 Å². The van der Waals surface area contributed by atoms with E-state index in [1.165, 1.54) is 0 Å². The minimum Gasteiger partial charge on any atom is -0.479 e. The van der Waals surface area contributed by atoms with Gasteiger partial charge in [-0.1, -0.05) is 18.2 Å². The van der Waals surface area contributed by atoms with Crippen LogP contribution in [0.3, 0.4) is 0 Å². The summed E-state index contributed by atoms with van der Waals surface area (Å²) in [5.41, 5.74) is 1.97. The van der Waals surface area contributed by atoms with Crippen LogP contribution in [0.1, 0.15) is 0 Å². The molecule has 85 heteroatoms. The van der Waals surface area contributed by atoms with Crippen molar-refractivity contribution >= 4 is 17.6 Å². The molecule has 110 heavy (non-hydrogen) atoms. The molecular formula is C25H23N2Y83-3. The third-order valence-corrected chi connectivity index (χ3v) is 3.50. The molecule has 2 aromatic carbocycles. The van der Waals surface area contributed by atoms with Gasteiger partial charge in [-0.3, -0.25) is 0 Å². The first kappa shape index (κ1) is 571. The predicted octanol–water partition coefficient (Wildman–Crippen LogP) is 4.98. The fourth-order valence-corrected chi connectivity index (χ4v) is 2.07. The maximum atomic E-state index is 3.15. The third kappa shape index (κ3) is 469. The molecule has 0 aliphatic heterocycles. The van der Waals surface area contributed by atoms with Gasteiger partial charge in [-0.15, -0.1) is 24.4 Å². The first-order chi connectivity index (χ1) is 13.3. The minimum atomic E-state index is 0. The van der Waals surface area contributed by atoms with E-state index >= 15 is 0 Å². The molecule has 0 amide bonds. The van der Waals surface area contributed by atoms with Gasteiger partial charge in [0.2, 0.25) is 0 Å². The predicted molar refractivity (Wildman–Crippen MR) is 114 cm³/mol. The molecule has 0 N–H and O–H groups in total. The van der Waals surface area contributed by atoms with Crippen LogP contribution < -0.4 is 4.90 Å². The molecular weight excluding hydrogens is 7710 g/mol. The summed E-state index contributed by atoms with van der Waals surface area (Å²) >= 11 is 0. The Morgan fingerprint density at radius 1 is 0.218 bits per heavy atom. The van der Waals surface area contributed by atoms with Crippen molar-refractivity contribution in [3.63, 3.8) is 0 Å². The van der Waals surface area contributed by atoms with Gasteiger partial charge in [0, 0.05) is 2710 Å². The second kappa shape index (κ2) is 517. The molecule has 0 spiro atoms. The van der Waals surface area contributed by atoms with Gasteiger partial charge in [-0.25, -0.2) is 12.1 Å². The quantitative estimate of drug-likeness (QED) is 0.119. The van der Waals surface area contributed by atoms with Crippen LogP contribution in [0.5, 0.6) is 0 Å². The van der Waals surface area contributed by atoms with Gasteiger partial charge < -0.3 is 9.48 Å². The molecule has 0 atom stereocenters. The van der Waals surface area contributed by atoms with Crippen LogP contribution in [0.2, 0.25) is 0 Å². The van der Waals surface area contributed by atoms with E-state index in [2.05, 4.69) is 24.5 Å². The molecule has 385 valence electrons. The van der Waals surface area contributed by atoms with Crippen molar-refractivity contribution < 1.29 is 2720 Å². The maximum absolute atomic E-state index is 3.15. The monoisotopic (exact) mass is 7730 g/mol. The number of para-hydroxylation sites is 2. The molecule has 2 rings (SSSR count). The van der Waals surface area contributed by atoms with E-state index in [0.29, 0.717) is 0 Å². The Bertz CT molecular complexity index is 927. The van der Waals surface area contributed by atoms with E-state index in [0.717, 1.165) is 11.4 Å². The van der Waals surface area contributed by atoms with Gasteiger partial charge in [0.1, 0.15) is 13.3 Å². The summed E-state index contributed by atoms with van der Waals surface area (Å²) in [6.07, 6.45) is 23.7. The largest absolute Gasteiger partial charge is 0.479 e. The molecule has 0 unspecified atom stereocenters. The summed E-state index contributed by atoms with van der Waals surface area (Å²) in [7, 11) is 3.89. The van der Waals surface area contributed by atoms with Gasteiger partial charge in [0.25, 0.3) is 0 Å². The van der Waals surface area contributed by atoms with Gasteiger partial charge in [-0.05, 0) is 12.7 Å². The van der Waals surface area contributed by atoms with Crippen LogP contribution in [-0.4, -0.2) is 24.9 Å². The van der Waals surface area contributed by atoms with E-state index in [4.69, 9.17) is 0 Å². The van der Waals surface area contributed by atoms with Crippen molar-refractivity contribution in [3.05, 3.63) is 122 Å². The minimum absolute atomic E-state index is 0. The number of allylic oxidation sites excluding steroid dienone is 9. The molecule has 0 saturated carbocycles. The zero-order valence-electron chi connectivity index (χ0n) is 63.6. The van der Waals surface area contributed by atoms with Crippen molar-refractivity contribution in [1.82, 2.24) is 0 Å². The third-order valence-electron chi connectivity index (χ3n) is 3.50. The molecule has 83 radical (unpaired) electrons. The molecule has 0 aromatic heterocycles. The molecule has 0 aliphatic rings. The molecule has 2 aromatic rings. The Balaban J connectivity index is -0.00000000118. The second-order valence-electron chi connectivity index (χ2n) is 5.55. The first-order valence-corrected chi connectivity index (χ1v) is 8.69.